The smallest absolute Gasteiger partial charge is 0.181 e. The second-order valence-electron chi connectivity index (χ2n) is 2.96. The number of halogens is 1. The summed E-state index contributed by atoms with van der Waals surface area (Å²) in [6, 6.07) is 6.86. The predicted molar refractivity (Wildman–Crippen MR) is 61.3 cm³/mol. The van der Waals surface area contributed by atoms with E-state index in [9.17, 15) is 8.42 Å². The SMILES string of the molecule is Cc1ccc(S(=O)(=O)C/C=C\Br)cc1. The third-order valence-electron chi connectivity index (χ3n) is 1.78. The molecular formula is C10H11BrO2S. The molecule has 14 heavy (non-hydrogen) atoms. The predicted octanol–water partition coefficient (Wildman–Crippen LogP) is 2.68. The van der Waals surface area contributed by atoms with Crippen molar-refractivity contribution in [3.8, 4) is 0 Å². The first-order valence-electron chi connectivity index (χ1n) is 4.11. The zero-order valence-electron chi connectivity index (χ0n) is 7.77. The van der Waals surface area contributed by atoms with Gasteiger partial charge in [0.1, 0.15) is 0 Å². The fourth-order valence-electron chi connectivity index (χ4n) is 1.00. The molecule has 0 amide bonds. The Bertz CT molecular complexity index is 418. The lowest BCUT2D eigenvalue weighted by Gasteiger charge is -2.01. The van der Waals surface area contributed by atoms with Crippen molar-refractivity contribution in [3.63, 3.8) is 0 Å². The molecule has 0 spiro atoms. The van der Waals surface area contributed by atoms with Crippen LogP contribution in [0.2, 0.25) is 0 Å². The third kappa shape index (κ3) is 2.96. The summed E-state index contributed by atoms with van der Waals surface area (Å²) in [7, 11) is -3.16. The Morgan fingerprint density at radius 2 is 1.86 bits per heavy atom. The Morgan fingerprint density at radius 3 is 2.36 bits per heavy atom. The fraction of sp³-hybridized carbons (Fsp3) is 0.200. The first-order valence-corrected chi connectivity index (χ1v) is 6.68. The molecule has 0 aliphatic rings. The van der Waals surface area contributed by atoms with E-state index in [1.165, 1.54) is 0 Å². The standard InChI is InChI=1S/C10H11BrO2S/c1-9-3-5-10(6-4-9)14(12,13)8-2-7-11/h2-7H,8H2,1H3/b7-2-. The molecule has 0 aromatic heterocycles. The van der Waals surface area contributed by atoms with Gasteiger partial charge in [0.25, 0.3) is 0 Å². The lowest BCUT2D eigenvalue weighted by molar-refractivity contribution is 0.599. The molecule has 0 aliphatic heterocycles. The molecule has 4 heteroatoms. The van der Waals surface area contributed by atoms with Gasteiger partial charge in [-0.2, -0.15) is 0 Å². The largest absolute Gasteiger partial charge is 0.223 e. The maximum Gasteiger partial charge on any atom is 0.181 e. The van der Waals surface area contributed by atoms with E-state index in [1.807, 2.05) is 6.92 Å². The zero-order valence-corrected chi connectivity index (χ0v) is 10.2. The summed E-state index contributed by atoms with van der Waals surface area (Å²) >= 11 is 3.04. The number of benzene rings is 1. The molecule has 0 fully saturated rings. The highest BCUT2D eigenvalue weighted by Gasteiger charge is 2.11. The van der Waals surface area contributed by atoms with Crippen LogP contribution in [-0.2, 0) is 9.84 Å². The first kappa shape index (κ1) is 11.5. The minimum Gasteiger partial charge on any atom is -0.223 e. The molecule has 0 aliphatic carbocycles. The number of aryl methyl sites for hydroxylation is 1. The average molecular weight is 275 g/mol. The van der Waals surface area contributed by atoms with Crippen LogP contribution in [0, 0.1) is 6.92 Å². The molecule has 0 unspecified atom stereocenters. The summed E-state index contributed by atoms with van der Waals surface area (Å²) in [5.74, 6) is 0.0291. The van der Waals surface area contributed by atoms with Gasteiger partial charge in [-0.1, -0.05) is 39.7 Å². The number of sulfone groups is 1. The van der Waals surface area contributed by atoms with E-state index < -0.39 is 9.84 Å². The van der Waals surface area contributed by atoms with Gasteiger partial charge in [-0.3, -0.25) is 0 Å². The lowest BCUT2D eigenvalue weighted by atomic mass is 10.2. The van der Waals surface area contributed by atoms with E-state index in [4.69, 9.17) is 0 Å². The minimum atomic E-state index is -3.16. The monoisotopic (exact) mass is 274 g/mol. The van der Waals surface area contributed by atoms with Crippen LogP contribution in [0.5, 0.6) is 0 Å². The maximum atomic E-state index is 11.6. The highest BCUT2D eigenvalue weighted by atomic mass is 79.9. The van der Waals surface area contributed by atoms with Gasteiger partial charge in [0.05, 0.1) is 10.6 Å². The van der Waals surface area contributed by atoms with Gasteiger partial charge in [-0.05, 0) is 24.0 Å². The molecule has 0 atom stereocenters. The molecule has 0 radical (unpaired) electrons. The van der Waals surface area contributed by atoms with Crippen LogP contribution >= 0.6 is 15.9 Å². The highest BCUT2D eigenvalue weighted by Crippen LogP contribution is 2.12. The van der Waals surface area contributed by atoms with Crippen molar-refractivity contribution in [1.29, 1.82) is 0 Å². The van der Waals surface area contributed by atoms with Crippen LogP contribution < -0.4 is 0 Å². The topological polar surface area (TPSA) is 34.1 Å². The summed E-state index contributed by atoms with van der Waals surface area (Å²) < 4.78 is 23.3. The molecule has 1 rings (SSSR count). The summed E-state index contributed by atoms with van der Waals surface area (Å²) in [6.45, 7) is 1.93. The first-order chi connectivity index (χ1) is 6.56. The summed E-state index contributed by atoms with van der Waals surface area (Å²) in [6.07, 6.45) is 1.56. The minimum absolute atomic E-state index is 0.0291. The molecule has 1 aromatic rings. The highest BCUT2D eigenvalue weighted by molar-refractivity contribution is 9.11. The van der Waals surface area contributed by atoms with Crippen molar-refractivity contribution in [2.75, 3.05) is 5.75 Å². The van der Waals surface area contributed by atoms with Gasteiger partial charge < -0.3 is 0 Å². The van der Waals surface area contributed by atoms with E-state index in [0.717, 1.165) is 5.56 Å². The molecule has 1 aromatic carbocycles. The normalized spacial score (nSPS) is 12.1. The van der Waals surface area contributed by atoms with Crippen molar-refractivity contribution in [2.24, 2.45) is 0 Å². The van der Waals surface area contributed by atoms with Gasteiger partial charge in [-0.25, -0.2) is 8.42 Å². The zero-order chi connectivity index (χ0) is 10.6. The van der Waals surface area contributed by atoms with Crippen molar-refractivity contribution >= 4 is 25.8 Å². The van der Waals surface area contributed by atoms with Crippen LogP contribution in [0.3, 0.4) is 0 Å². The van der Waals surface area contributed by atoms with Crippen molar-refractivity contribution in [3.05, 3.63) is 40.9 Å². The molecule has 76 valence electrons. The van der Waals surface area contributed by atoms with E-state index >= 15 is 0 Å². The third-order valence-corrected chi connectivity index (χ3v) is 3.78. The molecule has 0 heterocycles. The molecule has 2 nitrogen and oxygen atoms in total. The quantitative estimate of drug-likeness (QED) is 0.850. The van der Waals surface area contributed by atoms with Crippen LogP contribution in [0.4, 0.5) is 0 Å². The average Bonchev–Trinajstić information content (AvgIpc) is 2.16. The second-order valence-corrected chi connectivity index (χ2v) is 5.52. The second kappa shape index (κ2) is 4.75. The van der Waals surface area contributed by atoms with E-state index in [1.54, 1.807) is 35.3 Å². The van der Waals surface area contributed by atoms with Crippen molar-refractivity contribution < 1.29 is 8.42 Å². The van der Waals surface area contributed by atoms with Gasteiger partial charge in [0, 0.05) is 0 Å². The molecule has 0 bridgehead atoms. The molecule has 0 saturated heterocycles. The van der Waals surface area contributed by atoms with Gasteiger partial charge >= 0.3 is 0 Å². The number of hydrogen-bond donors (Lipinski definition) is 0. The summed E-state index contributed by atoms with van der Waals surface area (Å²) in [4.78, 5) is 1.92. The fourth-order valence-corrected chi connectivity index (χ4v) is 2.53. The van der Waals surface area contributed by atoms with Crippen LogP contribution in [0.15, 0.2) is 40.2 Å². The Hall–Kier alpha value is -0.610. The van der Waals surface area contributed by atoms with Crippen molar-refractivity contribution in [1.82, 2.24) is 0 Å². The Labute approximate surface area is 92.7 Å². The number of hydrogen-bond acceptors (Lipinski definition) is 2. The molecule has 0 saturated carbocycles. The van der Waals surface area contributed by atoms with Gasteiger partial charge in [0.2, 0.25) is 0 Å². The van der Waals surface area contributed by atoms with Crippen LogP contribution in [0.25, 0.3) is 0 Å². The Balaban J connectivity index is 2.99. The Morgan fingerprint density at radius 1 is 1.29 bits per heavy atom. The Kier molecular flexibility index (Phi) is 3.89. The summed E-state index contributed by atoms with van der Waals surface area (Å²) in [5, 5.41) is 0. The molecular weight excluding hydrogens is 264 g/mol. The van der Waals surface area contributed by atoms with E-state index in [0.29, 0.717) is 4.90 Å². The van der Waals surface area contributed by atoms with E-state index in [2.05, 4.69) is 15.9 Å². The van der Waals surface area contributed by atoms with Crippen molar-refractivity contribution in [2.45, 2.75) is 11.8 Å². The lowest BCUT2D eigenvalue weighted by Crippen LogP contribution is -2.04. The van der Waals surface area contributed by atoms with Crippen LogP contribution in [0.1, 0.15) is 5.56 Å². The van der Waals surface area contributed by atoms with Gasteiger partial charge in [-0.15, -0.1) is 0 Å². The maximum absolute atomic E-state index is 11.6. The number of rotatable bonds is 3. The van der Waals surface area contributed by atoms with Gasteiger partial charge in [0.15, 0.2) is 9.84 Å². The molecule has 0 N–H and O–H groups in total. The summed E-state index contributed by atoms with van der Waals surface area (Å²) in [5.41, 5.74) is 1.06. The van der Waals surface area contributed by atoms with E-state index in [-0.39, 0.29) is 5.75 Å². The van der Waals surface area contributed by atoms with Crippen LogP contribution in [-0.4, -0.2) is 14.2 Å².